The summed E-state index contributed by atoms with van der Waals surface area (Å²) in [6.07, 6.45) is 0.360. The molecule has 0 saturated heterocycles. The number of rotatable bonds is 13. The summed E-state index contributed by atoms with van der Waals surface area (Å²) >= 11 is 0. The number of H-pyrrole nitrogens is 1. The Hall–Kier alpha value is -3.52. The van der Waals surface area contributed by atoms with Crippen LogP contribution in [0.5, 0.6) is 0 Å². The number of imidazole rings is 1. The summed E-state index contributed by atoms with van der Waals surface area (Å²) in [6.45, 7) is 4.62. The van der Waals surface area contributed by atoms with Gasteiger partial charge in [-0.15, -0.1) is 0 Å². The zero-order valence-corrected chi connectivity index (χ0v) is 18.4. The van der Waals surface area contributed by atoms with Gasteiger partial charge in [-0.1, -0.05) is 13.8 Å². The molecule has 5 atom stereocenters. The number of aromatic amines is 1. The molecule has 1 aromatic rings. The molecule has 0 aliphatic rings. The Kier molecular flexibility index (Phi) is 10.4. The van der Waals surface area contributed by atoms with E-state index in [-0.39, 0.29) is 12.3 Å². The van der Waals surface area contributed by atoms with Crippen LogP contribution in [0, 0.1) is 5.92 Å². The number of aliphatic carboxylic acids is 2. The zero-order chi connectivity index (χ0) is 25.3. The van der Waals surface area contributed by atoms with Crippen molar-refractivity contribution < 1.29 is 39.3 Å². The minimum absolute atomic E-state index is 0.0483. The highest BCUT2D eigenvalue weighted by Gasteiger charge is 2.33. The first-order valence-electron chi connectivity index (χ1n) is 10.1. The molecule has 33 heavy (non-hydrogen) atoms. The molecule has 1 aromatic heterocycles. The number of carbonyl (C=O) groups is 5. The highest BCUT2D eigenvalue weighted by atomic mass is 16.4. The summed E-state index contributed by atoms with van der Waals surface area (Å²) in [5.41, 5.74) is 6.32. The van der Waals surface area contributed by atoms with E-state index in [4.69, 9.17) is 15.9 Å². The SMILES string of the molecule is CC(C)C(N)C(=O)NC(Cc1cnc[nH]1)C(=O)NC(C(=O)NC(CC(=O)O)C(=O)O)C(C)O. The summed E-state index contributed by atoms with van der Waals surface area (Å²) in [5, 5.41) is 34.6. The fraction of sp³-hybridized carbons (Fsp3) is 0.579. The number of hydrogen-bond acceptors (Lipinski definition) is 8. The van der Waals surface area contributed by atoms with Gasteiger partial charge in [0.25, 0.3) is 0 Å². The predicted octanol–water partition coefficient (Wildman–Crippen LogP) is -2.67. The van der Waals surface area contributed by atoms with Crippen LogP contribution in [0.3, 0.4) is 0 Å². The number of carboxylic acid groups (broad SMARTS) is 2. The van der Waals surface area contributed by atoms with Gasteiger partial charge in [-0.25, -0.2) is 9.78 Å². The van der Waals surface area contributed by atoms with E-state index in [0.29, 0.717) is 5.69 Å². The number of nitrogens with two attached hydrogens (primary N) is 1. The molecule has 0 spiro atoms. The largest absolute Gasteiger partial charge is 0.481 e. The van der Waals surface area contributed by atoms with Gasteiger partial charge in [0.1, 0.15) is 18.1 Å². The summed E-state index contributed by atoms with van der Waals surface area (Å²) < 4.78 is 0. The molecule has 3 amide bonds. The number of carbonyl (C=O) groups excluding carboxylic acids is 3. The summed E-state index contributed by atoms with van der Waals surface area (Å²) in [5.74, 6) is -5.88. The maximum absolute atomic E-state index is 12.9. The molecule has 184 valence electrons. The number of aliphatic hydroxyl groups excluding tert-OH is 1. The molecule has 0 saturated carbocycles. The first-order chi connectivity index (χ1) is 15.3. The monoisotopic (exact) mass is 470 g/mol. The molecular weight excluding hydrogens is 440 g/mol. The Morgan fingerprint density at radius 1 is 1.00 bits per heavy atom. The van der Waals surface area contributed by atoms with Crippen molar-refractivity contribution in [1.29, 1.82) is 0 Å². The molecule has 14 nitrogen and oxygen atoms in total. The number of nitrogens with zero attached hydrogens (tertiary/aromatic N) is 1. The number of carboxylic acids is 2. The Bertz CT molecular complexity index is 841. The molecule has 0 aliphatic heterocycles. The first kappa shape index (κ1) is 27.5. The molecule has 0 aromatic carbocycles. The second-order valence-corrected chi connectivity index (χ2v) is 7.84. The van der Waals surface area contributed by atoms with Crippen molar-refractivity contribution in [1.82, 2.24) is 25.9 Å². The van der Waals surface area contributed by atoms with Crippen molar-refractivity contribution in [2.45, 2.75) is 63.9 Å². The van der Waals surface area contributed by atoms with Gasteiger partial charge in [0.2, 0.25) is 17.7 Å². The van der Waals surface area contributed by atoms with E-state index in [1.807, 2.05) is 5.32 Å². The fourth-order valence-corrected chi connectivity index (χ4v) is 2.69. The third-order valence-corrected chi connectivity index (χ3v) is 4.69. The lowest BCUT2D eigenvalue weighted by molar-refractivity contribution is -0.148. The quantitative estimate of drug-likeness (QED) is 0.149. The molecule has 0 bridgehead atoms. The smallest absolute Gasteiger partial charge is 0.326 e. The van der Waals surface area contributed by atoms with E-state index in [1.165, 1.54) is 19.4 Å². The van der Waals surface area contributed by atoms with Gasteiger partial charge in [0, 0.05) is 18.3 Å². The van der Waals surface area contributed by atoms with Crippen LogP contribution in [-0.4, -0.2) is 85.2 Å². The van der Waals surface area contributed by atoms with Gasteiger partial charge in [0.15, 0.2) is 0 Å². The summed E-state index contributed by atoms with van der Waals surface area (Å²) in [4.78, 5) is 66.5. The van der Waals surface area contributed by atoms with Crippen LogP contribution in [0.4, 0.5) is 0 Å². The van der Waals surface area contributed by atoms with Gasteiger partial charge in [0.05, 0.1) is 24.9 Å². The minimum Gasteiger partial charge on any atom is -0.481 e. The molecule has 0 radical (unpaired) electrons. The van der Waals surface area contributed by atoms with Crippen molar-refractivity contribution in [2.24, 2.45) is 11.7 Å². The number of aromatic nitrogens is 2. The van der Waals surface area contributed by atoms with E-state index in [9.17, 15) is 29.1 Å². The number of hydrogen-bond donors (Lipinski definition) is 8. The van der Waals surface area contributed by atoms with E-state index in [2.05, 4.69) is 20.6 Å². The Morgan fingerprint density at radius 3 is 2.06 bits per heavy atom. The van der Waals surface area contributed by atoms with Gasteiger partial charge in [-0.3, -0.25) is 19.2 Å². The molecule has 1 heterocycles. The molecule has 14 heteroatoms. The van der Waals surface area contributed by atoms with Crippen LogP contribution in [0.25, 0.3) is 0 Å². The Labute approximate surface area is 189 Å². The molecule has 0 aliphatic carbocycles. The number of nitrogens with one attached hydrogen (secondary N) is 4. The first-order valence-corrected chi connectivity index (χ1v) is 10.1. The maximum atomic E-state index is 12.9. The van der Waals surface area contributed by atoms with Gasteiger partial charge >= 0.3 is 11.9 Å². The molecule has 1 rings (SSSR count). The standard InChI is InChI=1S/C19H30N6O8/c1-8(2)14(20)17(30)23-11(4-10-6-21-7-22-10)16(29)25-15(9(3)26)18(31)24-12(19(32)33)5-13(27)28/h6-9,11-12,14-15,26H,4-5,20H2,1-3H3,(H,21,22)(H,23,30)(H,24,31)(H,25,29)(H,27,28)(H,32,33). The lowest BCUT2D eigenvalue weighted by atomic mass is 10.0. The Balaban J connectivity index is 3.03. The van der Waals surface area contributed by atoms with Crippen molar-refractivity contribution in [2.75, 3.05) is 0 Å². The average Bonchev–Trinajstić information content (AvgIpc) is 3.22. The maximum Gasteiger partial charge on any atom is 0.326 e. The normalized spacial score (nSPS) is 15.6. The van der Waals surface area contributed by atoms with Crippen molar-refractivity contribution in [3.05, 3.63) is 18.2 Å². The van der Waals surface area contributed by atoms with Crippen molar-refractivity contribution >= 4 is 29.7 Å². The highest BCUT2D eigenvalue weighted by Crippen LogP contribution is 2.05. The van der Waals surface area contributed by atoms with E-state index >= 15 is 0 Å². The van der Waals surface area contributed by atoms with Gasteiger partial charge in [-0.2, -0.15) is 0 Å². The lowest BCUT2D eigenvalue weighted by Crippen LogP contribution is -2.60. The summed E-state index contributed by atoms with van der Waals surface area (Å²) in [6, 6.07) is -5.54. The molecule has 9 N–H and O–H groups in total. The second kappa shape index (κ2) is 12.5. The van der Waals surface area contributed by atoms with Crippen LogP contribution in [0.15, 0.2) is 12.5 Å². The van der Waals surface area contributed by atoms with Crippen LogP contribution in [0.2, 0.25) is 0 Å². The second-order valence-electron chi connectivity index (χ2n) is 7.84. The molecule has 5 unspecified atom stereocenters. The predicted molar refractivity (Wildman–Crippen MR) is 112 cm³/mol. The van der Waals surface area contributed by atoms with E-state index < -0.39 is 66.4 Å². The van der Waals surface area contributed by atoms with Gasteiger partial charge < -0.3 is 42.0 Å². The van der Waals surface area contributed by atoms with Crippen LogP contribution in [0.1, 0.15) is 32.9 Å². The fourth-order valence-electron chi connectivity index (χ4n) is 2.69. The topological polar surface area (TPSA) is 237 Å². The minimum atomic E-state index is -1.78. The van der Waals surface area contributed by atoms with Crippen LogP contribution >= 0.6 is 0 Å². The number of amides is 3. The van der Waals surface area contributed by atoms with Crippen LogP contribution < -0.4 is 21.7 Å². The lowest BCUT2D eigenvalue weighted by Gasteiger charge is -2.26. The van der Waals surface area contributed by atoms with Crippen molar-refractivity contribution in [3.63, 3.8) is 0 Å². The summed E-state index contributed by atoms with van der Waals surface area (Å²) in [7, 11) is 0. The zero-order valence-electron chi connectivity index (χ0n) is 18.4. The number of aliphatic hydroxyl groups is 1. The van der Waals surface area contributed by atoms with Crippen LogP contribution in [-0.2, 0) is 30.4 Å². The Morgan fingerprint density at radius 2 is 1.61 bits per heavy atom. The molecular formula is C19H30N6O8. The van der Waals surface area contributed by atoms with E-state index in [1.54, 1.807) is 13.8 Å². The highest BCUT2D eigenvalue weighted by molar-refractivity contribution is 5.95. The van der Waals surface area contributed by atoms with Crippen molar-refractivity contribution in [3.8, 4) is 0 Å². The molecule has 0 fully saturated rings. The van der Waals surface area contributed by atoms with Gasteiger partial charge in [-0.05, 0) is 12.8 Å². The van der Waals surface area contributed by atoms with E-state index in [0.717, 1.165) is 0 Å². The average molecular weight is 470 g/mol. The third kappa shape index (κ3) is 8.86. The third-order valence-electron chi connectivity index (χ3n) is 4.69.